The zero-order chi connectivity index (χ0) is 15.7. The molecule has 0 atom stereocenters. The Hall–Kier alpha value is -1.72. The van der Waals surface area contributed by atoms with Gasteiger partial charge in [0.05, 0.1) is 4.88 Å². The van der Waals surface area contributed by atoms with Crippen molar-refractivity contribution in [1.29, 1.82) is 0 Å². The second-order valence-corrected chi connectivity index (χ2v) is 6.95. The van der Waals surface area contributed by atoms with E-state index in [-0.39, 0.29) is 11.7 Å². The molecule has 0 fully saturated rings. The average Bonchev–Trinajstić information content (AvgIpc) is 2.94. The highest BCUT2D eigenvalue weighted by atomic mass is 79.9. The summed E-state index contributed by atoms with van der Waals surface area (Å²) >= 11 is 4.80. The fourth-order valence-electron chi connectivity index (χ4n) is 2.27. The van der Waals surface area contributed by atoms with E-state index in [0.29, 0.717) is 16.8 Å². The van der Waals surface area contributed by atoms with Crippen LogP contribution in [0.4, 0.5) is 4.39 Å². The third-order valence-corrected chi connectivity index (χ3v) is 5.29. The molecule has 0 unspecified atom stereocenters. The Balaban J connectivity index is 1.86. The number of hydrogen-bond donors (Lipinski definition) is 0. The van der Waals surface area contributed by atoms with Gasteiger partial charge in [0.1, 0.15) is 5.82 Å². The number of fused-ring (bicyclic) bond motifs is 1. The second-order valence-electron chi connectivity index (χ2n) is 5.01. The molecule has 1 heterocycles. The van der Waals surface area contributed by atoms with Crippen molar-refractivity contribution < 1.29 is 9.18 Å². The maximum Gasteiger partial charge on any atom is 0.264 e. The first-order valence-corrected chi connectivity index (χ1v) is 8.34. The Morgan fingerprint density at radius 3 is 2.73 bits per heavy atom. The van der Waals surface area contributed by atoms with Gasteiger partial charge in [0.2, 0.25) is 0 Å². The normalized spacial score (nSPS) is 10.9. The molecular formula is C17H13BrFNOS. The predicted octanol–water partition coefficient (Wildman–Crippen LogP) is 5.08. The molecule has 0 aliphatic carbocycles. The molecule has 1 amide bonds. The number of amides is 1. The third-order valence-electron chi connectivity index (χ3n) is 3.43. The van der Waals surface area contributed by atoms with E-state index in [9.17, 15) is 9.18 Å². The highest BCUT2D eigenvalue weighted by molar-refractivity contribution is 9.10. The van der Waals surface area contributed by atoms with E-state index in [2.05, 4.69) is 15.9 Å². The molecular weight excluding hydrogens is 365 g/mol. The van der Waals surface area contributed by atoms with Gasteiger partial charge in [0.15, 0.2) is 0 Å². The number of hydrogen-bond acceptors (Lipinski definition) is 2. The van der Waals surface area contributed by atoms with Gasteiger partial charge in [0, 0.05) is 28.2 Å². The van der Waals surface area contributed by atoms with Crippen LogP contribution in [-0.2, 0) is 6.54 Å². The number of nitrogens with zero attached hydrogens (tertiary/aromatic N) is 1. The molecule has 0 aliphatic rings. The zero-order valence-corrected chi connectivity index (χ0v) is 14.2. The molecule has 112 valence electrons. The van der Waals surface area contributed by atoms with E-state index in [4.69, 9.17) is 0 Å². The number of thiophene rings is 1. The van der Waals surface area contributed by atoms with E-state index in [0.717, 1.165) is 14.7 Å². The maximum atomic E-state index is 13.7. The van der Waals surface area contributed by atoms with Crippen molar-refractivity contribution >= 4 is 43.3 Å². The molecule has 0 aliphatic heterocycles. The number of benzene rings is 2. The number of rotatable bonds is 3. The van der Waals surface area contributed by atoms with Gasteiger partial charge in [-0.2, -0.15) is 0 Å². The highest BCUT2D eigenvalue weighted by Gasteiger charge is 2.17. The smallest absolute Gasteiger partial charge is 0.264 e. The molecule has 22 heavy (non-hydrogen) atoms. The van der Waals surface area contributed by atoms with Gasteiger partial charge in [-0.15, -0.1) is 11.3 Å². The largest absolute Gasteiger partial charge is 0.337 e. The summed E-state index contributed by atoms with van der Waals surface area (Å²) in [5, 5.41) is 0.505. The van der Waals surface area contributed by atoms with Crippen molar-refractivity contribution in [1.82, 2.24) is 4.90 Å². The second kappa shape index (κ2) is 6.18. The van der Waals surface area contributed by atoms with Gasteiger partial charge in [-0.05, 0) is 29.8 Å². The molecule has 0 N–H and O–H groups in total. The fourth-order valence-corrected chi connectivity index (χ4v) is 3.75. The summed E-state index contributed by atoms with van der Waals surface area (Å²) in [5.74, 6) is -0.391. The lowest BCUT2D eigenvalue weighted by Gasteiger charge is -2.17. The van der Waals surface area contributed by atoms with Crippen LogP contribution in [-0.4, -0.2) is 17.9 Å². The average molecular weight is 378 g/mol. The molecule has 3 rings (SSSR count). The molecule has 2 nitrogen and oxygen atoms in total. The molecule has 0 radical (unpaired) electrons. The molecule has 1 aromatic heterocycles. The summed E-state index contributed by atoms with van der Waals surface area (Å²) in [6.45, 7) is 0.497. The lowest BCUT2D eigenvalue weighted by molar-refractivity contribution is 0.0789. The molecule has 2 aromatic carbocycles. The van der Waals surface area contributed by atoms with E-state index >= 15 is 0 Å². The Morgan fingerprint density at radius 2 is 2.00 bits per heavy atom. The van der Waals surface area contributed by atoms with Crippen molar-refractivity contribution in [3.63, 3.8) is 0 Å². The standard InChI is InChI=1S/C17H13BrFNOS/c1-20(10-11-5-2-3-6-13(11)18)17(21)16-9-12-14(19)7-4-8-15(12)22-16/h2-9H,10H2,1H3. The van der Waals surface area contributed by atoms with Crippen molar-refractivity contribution in [2.24, 2.45) is 0 Å². The Morgan fingerprint density at radius 1 is 1.23 bits per heavy atom. The van der Waals surface area contributed by atoms with Gasteiger partial charge >= 0.3 is 0 Å². The minimum absolute atomic E-state index is 0.101. The van der Waals surface area contributed by atoms with E-state index in [1.807, 2.05) is 30.3 Å². The molecule has 5 heteroatoms. The highest BCUT2D eigenvalue weighted by Crippen LogP contribution is 2.29. The van der Waals surface area contributed by atoms with Crippen LogP contribution in [0.15, 0.2) is 53.0 Å². The van der Waals surface area contributed by atoms with Crippen molar-refractivity contribution in [2.45, 2.75) is 6.54 Å². The first-order chi connectivity index (χ1) is 10.6. The van der Waals surface area contributed by atoms with Crippen LogP contribution in [0.1, 0.15) is 15.2 Å². The van der Waals surface area contributed by atoms with Crippen LogP contribution in [0.25, 0.3) is 10.1 Å². The monoisotopic (exact) mass is 377 g/mol. The molecule has 0 spiro atoms. The predicted molar refractivity (Wildman–Crippen MR) is 91.7 cm³/mol. The molecule has 0 bridgehead atoms. The van der Waals surface area contributed by atoms with Crippen LogP contribution < -0.4 is 0 Å². The minimum atomic E-state index is -0.291. The van der Waals surface area contributed by atoms with Crippen LogP contribution in [0.5, 0.6) is 0 Å². The Labute approximate surface area is 140 Å². The maximum absolute atomic E-state index is 13.7. The molecule has 3 aromatic rings. The van der Waals surface area contributed by atoms with Gasteiger partial charge < -0.3 is 4.90 Å². The van der Waals surface area contributed by atoms with E-state index in [1.54, 1.807) is 24.1 Å². The summed E-state index contributed by atoms with van der Waals surface area (Å²) in [6.07, 6.45) is 0. The van der Waals surface area contributed by atoms with Crippen LogP contribution in [0.3, 0.4) is 0 Å². The van der Waals surface area contributed by atoms with Gasteiger partial charge in [0.25, 0.3) is 5.91 Å². The minimum Gasteiger partial charge on any atom is -0.337 e. The fraction of sp³-hybridized carbons (Fsp3) is 0.118. The van der Waals surface area contributed by atoms with Crippen LogP contribution in [0.2, 0.25) is 0 Å². The van der Waals surface area contributed by atoms with Crippen molar-refractivity contribution in [3.8, 4) is 0 Å². The zero-order valence-electron chi connectivity index (χ0n) is 11.8. The lowest BCUT2D eigenvalue weighted by atomic mass is 10.2. The van der Waals surface area contributed by atoms with Gasteiger partial charge in [-0.3, -0.25) is 4.79 Å². The summed E-state index contributed by atoms with van der Waals surface area (Å²) < 4.78 is 15.5. The summed E-state index contributed by atoms with van der Waals surface area (Å²) in [4.78, 5) is 14.7. The van der Waals surface area contributed by atoms with E-state index < -0.39 is 0 Å². The topological polar surface area (TPSA) is 20.3 Å². The van der Waals surface area contributed by atoms with E-state index in [1.165, 1.54) is 17.4 Å². The number of carbonyl (C=O) groups is 1. The van der Waals surface area contributed by atoms with Crippen molar-refractivity contribution in [3.05, 3.63) is 69.3 Å². The Bertz CT molecular complexity index is 846. The third kappa shape index (κ3) is 2.91. The van der Waals surface area contributed by atoms with Gasteiger partial charge in [-0.1, -0.05) is 40.2 Å². The molecule has 0 saturated heterocycles. The summed E-state index contributed by atoms with van der Waals surface area (Å²) in [7, 11) is 1.75. The quantitative estimate of drug-likeness (QED) is 0.623. The van der Waals surface area contributed by atoms with Gasteiger partial charge in [-0.25, -0.2) is 4.39 Å². The Kier molecular flexibility index (Phi) is 4.27. The van der Waals surface area contributed by atoms with Crippen LogP contribution in [0, 0.1) is 5.82 Å². The SMILES string of the molecule is CN(Cc1ccccc1Br)C(=O)c1cc2c(F)cccc2s1. The summed E-state index contributed by atoms with van der Waals surface area (Å²) in [5.41, 5.74) is 1.03. The first kappa shape index (κ1) is 15.2. The molecule has 0 saturated carbocycles. The lowest BCUT2D eigenvalue weighted by Crippen LogP contribution is -2.25. The first-order valence-electron chi connectivity index (χ1n) is 6.73. The van der Waals surface area contributed by atoms with Crippen LogP contribution >= 0.6 is 27.3 Å². The number of halogens is 2. The number of carbonyl (C=O) groups excluding carboxylic acids is 1. The summed E-state index contributed by atoms with van der Waals surface area (Å²) in [6, 6.07) is 14.3. The van der Waals surface area contributed by atoms with Crippen molar-refractivity contribution in [2.75, 3.05) is 7.05 Å².